The van der Waals surface area contributed by atoms with Crippen LogP contribution in [0.2, 0.25) is 13.1 Å². The predicted molar refractivity (Wildman–Crippen MR) is 219 cm³/mol. The standard InChI is InChI=1S/C45H46N5Si/c1-9-34-36-13-11-12-14-37(36)35(10-2)41-25-33(21-22-38(34)41)50-28-42(46-47-50)29-15-17-30(18-16-29)45-39-23-19-31(48(3)4)26-43(39)51(7,8)44-27-32(49(5)6)20-24-40(44)45/h11-28H,9-10H2,1-8H3/q+1. The molecule has 0 unspecified atom stereocenters. The van der Waals surface area contributed by atoms with Gasteiger partial charge in [0.15, 0.2) is 5.71 Å². The van der Waals surface area contributed by atoms with Crippen LogP contribution in [0.5, 0.6) is 0 Å². The number of aromatic nitrogens is 3. The van der Waals surface area contributed by atoms with Crippen molar-refractivity contribution in [2.75, 3.05) is 33.1 Å². The van der Waals surface area contributed by atoms with Crippen LogP contribution >= 0.6 is 0 Å². The van der Waals surface area contributed by atoms with Gasteiger partial charge in [0.2, 0.25) is 0 Å². The van der Waals surface area contributed by atoms with Crippen molar-refractivity contribution in [1.82, 2.24) is 15.0 Å². The second kappa shape index (κ2) is 12.5. The Bertz CT molecular complexity index is 2500. The number of benzene rings is 5. The van der Waals surface area contributed by atoms with Gasteiger partial charge in [-0.25, -0.2) is 9.26 Å². The van der Waals surface area contributed by atoms with Gasteiger partial charge in [-0.3, -0.25) is 0 Å². The van der Waals surface area contributed by atoms with Crippen molar-refractivity contribution in [3.05, 3.63) is 142 Å². The summed E-state index contributed by atoms with van der Waals surface area (Å²) < 4.78 is 4.13. The van der Waals surface area contributed by atoms with Gasteiger partial charge in [-0.15, -0.1) is 5.10 Å². The normalized spacial score (nSPS) is 14.9. The highest BCUT2D eigenvalue weighted by Crippen LogP contribution is 2.42. The third kappa shape index (κ3) is 5.32. The van der Waals surface area contributed by atoms with E-state index in [1.807, 2.05) is 4.68 Å². The number of hydrogen-bond donors (Lipinski definition) is 0. The minimum Gasteiger partial charge on any atom is -0.378 e. The van der Waals surface area contributed by atoms with Crippen molar-refractivity contribution in [2.45, 2.75) is 39.8 Å². The van der Waals surface area contributed by atoms with E-state index in [2.05, 4.69) is 184 Å². The molecule has 254 valence electrons. The Morgan fingerprint density at radius 3 is 2.08 bits per heavy atom. The van der Waals surface area contributed by atoms with Crippen molar-refractivity contribution >= 4 is 51.8 Å². The van der Waals surface area contributed by atoms with Gasteiger partial charge < -0.3 is 4.90 Å². The summed E-state index contributed by atoms with van der Waals surface area (Å²) in [5, 5.41) is 17.6. The van der Waals surface area contributed by atoms with E-state index in [1.165, 1.54) is 76.7 Å². The molecule has 2 aliphatic rings. The minimum atomic E-state index is -1.99. The van der Waals surface area contributed by atoms with Gasteiger partial charge in [-0.05, 0) is 109 Å². The van der Waals surface area contributed by atoms with Crippen LogP contribution in [-0.4, -0.2) is 61.5 Å². The number of fused-ring (bicyclic) bond motifs is 4. The molecule has 5 nitrogen and oxygen atoms in total. The Morgan fingerprint density at radius 1 is 0.745 bits per heavy atom. The first-order valence-electron chi connectivity index (χ1n) is 18.1. The van der Waals surface area contributed by atoms with E-state index in [1.54, 1.807) is 0 Å². The molecule has 0 bridgehead atoms. The highest BCUT2D eigenvalue weighted by atomic mass is 28.3. The van der Waals surface area contributed by atoms with Crippen LogP contribution in [0.25, 0.3) is 44.1 Å². The van der Waals surface area contributed by atoms with Crippen molar-refractivity contribution in [1.29, 1.82) is 0 Å². The molecule has 1 aliphatic heterocycles. The molecule has 6 aromatic rings. The summed E-state index contributed by atoms with van der Waals surface area (Å²) in [5.74, 6) is 0. The number of rotatable bonds is 6. The molecular formula is C45H46N5Si+. The van der Waals surface area contributed by atoms with E-state index in [0.717, 1.165) is 29.8 Å². The maximum atomic E-state index is 4.66. The molecule has 51 heavy (non-hydrogen) atoms. The molecule has 1 aromatic heterocycles. The van der Waals surface area contributed by atoms with Gasteiger partial charge in [-0.1, -0.05) is 92.8 Å². The summed E-state index contributed by atoms with van der Waals surface area (Å²) in [5.41, 5.74) is 13.5. The van der Waals surface area contributed by atoms with Gasteiger partial charge in [0.05, 0.1) is 11.9 Å². The second-order valence-electron chi connectivity index (χ2n) is 14.8. The zero-order valence-electron chi connectivity index (χ0n) is 31.0. The maximum Gasteiger partial charge on any atom is 0.199 e. The first-order chi connectivity index (χ1) is 24.6. The first-order valence-corrected chi connectivity index (χ1v) is 21.1. The fourth-order valence-corrected chi connectivity index (χ4v) is 11.3. The average molecular weight is 685 g/mol. The van der Waals surface area contributed by atoms with Gasteiger partial charge in [0.1, 0.15) is 27.9 Å². The molecule has 6 heteroatoms. The van der Waals surface area contributed by atoms with Crippen LogP contribution in [-0.2, 0) is 12.8 Å². The summed E-state index contributed by atoms with van der Waals surface area (Å²) >= 11 is 0. The Labute approximate surface area is 302 Å². The maximum absolute atomic E-state index is 4.66. The lowest BCUT2D eigenvalue weighted by molar-refractivity contribution is -0.462. The summed E-state index contributed by atoms with van der Waals surface area (Å²) in [6, 6.07) is 31.6. The number of allylic oxidation sites excluding steroid dienone is 5. The van der Waals surface area contributed by atoms with E-state index in [-0.39, 0.29) is 0 Å². The Morgan fingerprint density at radius 2 is 1.41 bits per heavy atom. The van der Waals surface area contributed by atoms with Crippen molar-refractivity contribution in [3.63, 3.8) is 0 Å². The third-order valence-electron chi connectivity index (χ3n) is 11.1. The lowest BCUT2D eigenvalue weighted by atomic mass is 9.89. The fourth-order valence-electron chi connectivity index (χ4n) is 8.27. The van der Waals surface area contributed by atoms with Gasteiger partial charge >= 0.3 is 0 Å². The molecular weight excluding hydrogens is 639 g/mol. The lowest BCUT2D eigenvalue weighted by Gasteiger charge is -2.38. The molecule has 0 atom stereocenters. The van der Waals surface area contributed by atoms with Crippen LogP contribution in [0, 0.1) is 0 Å². The predicted octanol–water partition coefficient (Wildman–Crippen LogP) is 8.91. The van der Waals surface area contributed by atoms with Crippen LogP contribution in [0.4, 0.5) is 5.69 Å². The van der Waals surface area contributed by atoms with E-state index in [4.69, 9.17) is 0 Å². The molecule has 0 fully saturated rings. The molecule has 0 radical (unpaired) electrons. The average Bonchev–Trinajstić information content (AvgIpc) is 3.64. The lowest BCUT2D eigenvalue weighted by Crippen LogP contribution is -2.49. The molecule has 0 amide bonds. The fraction of sp³-hybridized carbons (Fsp3) is 0.222. The quantitative estimate of drug-likeness (QED) is 0.0999. The van der Waals surface area contributed by atoms with Crippen molar-refractivity contribution in [3.8, 4) is 16.9 Å². The molecule has 0 spiro atoms. The molecule has 0 saturated carbocycles. The molecule has 5 aromatic carbocycles. The van der Waals surface area contributed by atoms with E-state index in [9.17, 15) is 0 Å². The summed E-state index contributed by atoms with van der Waals surface area (Å²) in [6.07, 6.45) is 11.1. The molecule has 1 aliphatic carbocycles. The Hall–Kier alpha value is -5.33. The summed E-state index contributed by atoms with van der Waals surface area (Å²) in [4.78, 5) is 2.21. The molecule has 2 heterocycles. The zero-order valence-corrected chi connectivity index (χ0v) is 32.0. The summed E-state index contributed by atoms with van der Waals surface area (Å²) in [6.45, 7) is 9.50. The Balaban J connectivity index is 1.19. The SMILES string of the molecule is CCc1c2ccccc2c(CC)c2cc(-n3cc(-c4ccc(C5=C6C=CC(=[N+](C)C)C=C6[Si](C)(C)c6cc(N(C)C)ccc65)cc4)nn3)ccc12. The number of anilines is 1. The van der Waals surface area contributed by atoms with Gasteiger partial charge in [0, 0.05) is 37.5 Å². The Kier molecular flexibility index (Phi) is 8.03. The smallest absolute Gasteiger partial charge is 0.199 e. The summed E-state index contributed by atoms with van der Waals surface area (Å²) in [7, 11) is 6.52. The highest BCUT2D eigenvalue weighted by Gasteiger charge is 2.40. The monoisotopic (exact) mass is 684 g/mol. The molecule has 0 N–H and O–H groups in total. The van der Waals surface area contributed by atoms with E-state index >= 15 is 0 Å². The van der Waals surface area contributed by atoms with Gasteiger partial charge in [0.25, 0.3) is 0 Å². The number of nitrogens with zero attached hydrogens (tertiary/aromatic N) is 5. The third-order valence-corrected chi connectivity index (χ3v) is 14.6. The second-order valence-corrected chi connectivity index (χ2v) is 19.1. The topological polar surface area (TPSA) is 37.0 Å². The molecule has 0 saturated heterocycles. The van der Waals surface area contributed by atoms with E-state index < -0.39 is 8.07 Å². The van der Waals surface area contributed by atoms with Crippen LogP contribution in [0.1, 0.15) is 36.1 Å². The number of aryl methyl sites for hydroxylation is 2. The van der Waals surface area contributed by atoms with Crippen LogP contribution in [0.15, 0.2) is 120 Å². The highest BCUT2D eigenvalue weighted by molar-refractivity contribution is 6.98. The number of hydrogen-bond acceptors (Lipinski definition) is 3. The largest absolute Gasteiger partial charge is 0.378 e. The van der Waals surface area contributed by atoms with Crippen molar-refractivity contribution < 1.29 is 4.58 Å². The van der Waals surface area contributed by atoms with Crippen molar-refractivity contribution in [2.24, 2.45) is 0 Å². The van der Waals surface area contributed by atoms with Gasteiger partial charge in [-0.2, -0.15) is 0 Å². The van der Waals surface area contributed by atoms with E-state index in [0.29, 0.717) is 0 Å². The first kappa shape index (κ1) is 32.8. The zero-order chi connectivity index (χ0) is 35.6. The van der Waals surface area contributed by atoms with Crippen LogP contribution in [0.3, 0.4) is 0 Å². The minimum absolute atomic E-state index is 0.861. The molecule has 8 rings (SSSR count). The van der Waals surface area contributed by atoms with Crippen LogP contribution < -0.4 is 10.1 Å².